The van der Waals surface area contributed by atoms with Crippen molar-refractivity contribution in [3.63, 3.8) is 0 Å². The fourth-order valence-corrected chi connectivity index (χ4v) is 5.12. The molecule has 5 rings (SSSR count). The molecule has 3 aromatic heterocycles. The number of pyridine rings is 1. The smallest absolute Gasteiger partial charge is 0.229 e. The van der Waals surface area contributed by atoms with Crippen LogP contribution in [0.15, 0.2) is 48.9 Å². The molecule has 0 aliphatic carbocycles. The topological polar surface area (TPSA) is 123 Å². The number of benzene rings is 1. The number of aromatic nitrogens is 4. The van der Waals surface area contributed by atoms with Crippen molar-refractivity contribution in [2.24, 2.45) is 11.7 Å². The first-order chi connectivity index (χ1) is 19.1. The molecule has 1 aromatic carbocycles. The number of carbonyl (C=O) groups excluding carboxylic acids is 1. The van der Waals surface area contributed by atoms with Crippen molar-refractivity contribution in [3.05, 3.63) is 60.6 Å². The van der Waals surface area contributed by atoms with Gasteiger partial charge in [-0.05, 0) is 38.0 Å². The van der Waals surface area contributed by atoms with Crippen LogP contribution in [0.4, 0.5) is 26.1 Å². The third kappa shape index (κ3) is 5.53. The van der Waals surface area contributed by atoms with Gasteiger partial charge < -0.3 is 26.0 Å². The molecule has 210 valence electrons. The number of imidazole rings is 1. The van der Waals surface area contributed by atoms with Gasteiger partial charge in [0.15, 0.2) is 0 Å². The number of hydrogen-bond donors (Lipinski definition) is 3. The number of ether oxygens (including phenoxy) is 1. The van der Waals surface area contributed by atoms with Crippen LogP contribution in [0.2, 0.25) is 0 Å². The molecule has 40 heavy (non-hydrogen) atoms. The molecular formula is C28H32F2N8O2. The third-order valence-corrected chi connectivity index (χ3v) is 6.80. The highest BCUT2D eigenvalue weighted by molar-refractivity contribution is 5.75. The summed E-state index contributed by atoms with van der Waals surface area (Å²) in [4.78, 5) is 22.5. The SMILES string of the molecule is CC(=O)NC1C(C)CN(c2ccncc2Nc2ncc3ccc(-c4c(F)cc(OC(C)C)cc4F)nn23)CC1N. The van der Waals surface area contributed by atoms with Gasteiger partial charge in [-0.15, -0.1) is 0 Å². The zero-order chi connectivity index (χ0) is 28.6. The summed E-state index contributed by atoms with van der Waals surface area (Å²) in [5.41, 5.74) is 8.43. The molecule has 12 heteroatoms. The monoisotopic (exact) mass is 550 g/mol. The molecule has 1 amide bonds. The van der Waals surface area contributed by atoms with Crippen molar-refractivity contribution in [1.29, 1.82) is 0 Å². The van der Waals surface area contributed by atoms with Gasteiger partial charge in [0, 0.05) is 50.4 Å². The lowest BCUT2D eigenvalue weighted by atomic mass is 9.89. The Kier molecular flexibility index (Phi) is 7.53. The number of halogens is 2. The Labute approximate surface area is 230 Å². The molecule has 4 aromatic rings. The number of nitrogens with two attached hydrogens (primary N) is 1. The highest BCUT2D eigenvalue weighted by Gasteiger charge is 2.34. The Morgan fingerprint density at radius 1 is 1.15 bits per heavy atom. The lowest BCUT2D eigenvalue weighted by Gasteiger charge is -2.42. The summed E-state index contributed by atoms with van der Waals surface area (Å²) in [6.07, 6.45) is 4.75. The van der Waals surface area contributed by atoms with Gasteiger partial charge in [0.05, 0.1) is 46.6 Å². The number of piperidine rings is 1. The Morgan fingerprint density at radius 3 is 2.58 bits per heavy atom. The van der Waals surface area contributed by atoms with Crippen LogP contribution in [0.5, 0.6) is 5.75 Å². The van der Waals surface area contributed by atoms with E-state index in [4.69, 9.17) is 10.5 Å². The van der Waals surface area contributed by atoms with Gasteiger partial charge in [0.1, 0.15) is 17.4 Å². The maximum Gasteiger partial charge on any atom is 0.229 e. The molecule has 0 bridgehead atoms. The molecule has 0 radical (unpaired) electrons. The Hall–Kier alpha value is -4.32. The molecule has 3 unspecified atom stereocenters. The molecule has 0 spiro atoms. The van der Waals surface area contributed by atoms with Crippen LogP contribution < -0.4 is 26.0 Å². The number of hydrogen-bond acceptors (Lipinski definition) is 8. The Balaban J connectivity index is 1.44. The van der Waals surface area contributed by atoms with Crippen molar-refractivity contribution >= 4 is 28.7 Å². The molecule has 1 fully saturated rings. The largest absolute Gasteiger partial charge is 0.491 e. The van der Waals surface area contributed by atoms with Crippen molar-refractivity contribution in [3.8, 4) is 17.0 Å². The second-order valence-corrected chi connectivity index (χ2v) is 10.4. The van der Waals surface area contributed by atoms with Crippen molar-refractivity contribution < 1.29 is 18.3 Å². The van der Waals surface area contributed by atoms with E-state index in [9.17, 15) is 13.6 Å². The minimum Gasteiger partial charge on any atom is -0.491 e. The fraction of sp³-hybridized carbons (Fsp3) is 0.357. The molecule has 1 aliphatic heterocycles. The van der Waals surface area contributed by atoms with Gasteiger partial charge in [-0.2, -0.15) is 9.61 Å². The molecule has 4 N–H and O–H groups in total. The van der Waals surface area contributed by atoms with E-state index in [0.717, 1.165) is 17.8 Å². The van der Waals surface area contributed by atoms with E-state index in [1.165, 1.54) is 11.4 Å². The average Bonchev–Trinajstić information content (AvgIpc) is 3.27. The second kappa shape index (κ2) is 11.0. The van der Waals surface area contributed by atoms with Crippen LogP contribution in [-0.2, 0) is 4.79 Å². The molecular weight excluding hydrogens is 518 g/mol. The summed E-state index contributed by atoms with van der Waals surface area (Å²) in [5.74, 6) is -1.10. The first-order valence-corrected chi connectivity index (χ1v) is 13.1. The molecule has 1 saturated heterocycles. The van der Waals surface area contributed by atoms with Gasteiger partial charge in [0.2, 0.25) is 11.9 Å². The maximum absolute atomic E-state index is 15.0. The fourth-order valence-electron chi connectivity index (χ4n) is 5.12. The van der Waals surface area contributed by atoms with Gasteiger partial charge in [-0.1, -0.05) is 6.92 Å². The van der Waals surface area contributed by atoms with E-state index in [2.05, 4.69) is 30.6 Å². The number of rotatable bonds is 7. The minimum atomic E-state index is -0.778. The quantitative estimate of drug-likeness (QED) is 0.317. The summed E-state index contributed by atoms with van der Waals surface area (Å²) in [6.45, 7) is 8.29. The number of anilines is 3. The van der Waals surface area contributed by atoms with Crippen LogP contribution in [0.1, 0.15) is 27.7 Å². The summed E-state index contributed by atoms with van der Waals surface area (Å²) in [7, 11) is 0. The first-order valence-electron chi connectivity index (χ1n) is 13.1. The first kappa shape index (κ1) is 27.3. The number of carbonyl (C=O) groups is 1. The summed E-state index contributed by atoms with van der Waals surface area (Å²) < 4.78 is 36.9. The van der Waals surface area contributed by atoms with E-state index >= 15 is 0 Å². The van der Waals surface area contributed by atoms with Crippen LogP contribution in [0.3, 0.4) is 0 Å². The molecule has 4 heterocycles. The van der Waals surface area contributed by atoms with Gasteiger partial charge in [0.25, 0.3) is 0 Å². The van der Waals surface area contributed by atoms with Crippen LogP contribution in [0, 0.1) is 17.6 Å². The normalized spacial score (nSPS) is 19.2. The minimum absolute atomic E-state index is 0.103. The van der Waals surface area contributed by atoms with Gasteiger partial charge in [-0.3, -0.25) is 9.78 Å². The molecule has 3 atom stereocenters. The summed E-state index contributed by atoms with van der Waals surface area (Å²) in [5, 5.41) is 10.7. The number of nitrogens with zero attached hydrogens (tertiary/aromatic N) is 5. The predicted octanol–water partition coefficient (Wildman–Crippen LogP) is 3.89. The lowest BCUT2D eigenvalue weighted by Crippen LogP contribution is -2.61. The zero-order valence-electron chi connectivity index (χ0n) is 22.7. The van der Waals surface area contributed by atoms with E-state index in [1.54, 1.807) is 44.6 Å². The highest BCUT2D eigenvalue weighted by atomic mass is 19.1. The van der Waals surface area contributed by atoms with Crippen LogP contribution >= 0.6 is 0 Å². The number of amides is 1. The Morgan fingerprint density at radius 2 is 1.90 bits per heavy atom. The lowest BCUT2D eigenvalue weighted by molar-refractivity contribution is -0.120. The maximum atomic E-state index is 15.0. The molecule has 10 nitrogen and oxygen atoms in total. The molecule has 0 saturated carbocycles. The zero-order valence-corrected chi connectivity index (χ0v) is 22.7. The van der Waals surface area contributed by atoms with Gasteiger partial charge in [-0.25, -0.2) is 13.8 Å². The van der Waals surface area contributed by atoms with Crippen molar-refractivity contribution in [2.75, 3.05) is 23.3 Å². The number of fused-ring (bicyclic) bond motifs is 1. The predicted molar refractivity (Wildman–Crippen MR) is 149 cm³/mol. The van der Waals surface area contributed by atoms with Crippen molar-refractivity contribution in [1.82, 2.24) is 24.9 Å². The van der Waals surface area contributed by atoms with E-state index in [-0.39, 0.29) is 47.0 Å². The van der Waals surface area contributed by atoms with E-state index in [1.807, 2.05) is 13.0 Å². The summed E-state index contributed by atoms with van der Waals surface area (Å²) >= 11 is 0. The van der Waals surface area contributed by atoms with E-state index in [0.29, 0.717) is 30.2 Å². The Bertz CT molecular complexity index is 1510. The second-order valence-electron chi connectivity index (χ2n) is 10.4. The third-order valence-electron chi connectivity index (χ3n) is 6.80. The van der Waals surface area contributed by atoms with Gasteiger partial charge >= 0.3 is 0 Å². The number of nitrogens with one attached hydrogen (secondary N) is 2. The average molecular weight is 551 g/mol. The summed E-state index contributed by atoms with van der Waals surface area (Å²) in [6, 6.07) is 7.02. The highest BCUT2D eigenvalue weighted by Crippen LogP contribution is 2.33. The van der Waals surface area contributed by atoms with Crippen molar-refractivity contribution in [2.45, 2.75) is 45.9 Å². The van der Waals surface area contributed by atoms with E-state index < -0.39 is 11.6 Å². The van der Waals surface area contributed by atoms with Crippen LogP contribution in [-0.4, -0.2) is 56.8 Å². The molecule has 1 aliphatic rings. The standard InChI is InChI=1S/C28H32F2N8O2/c1-15(2)40-19-9-20(29)26(21(30)10-19)23-6-5-18-11-33-28(38(18)36-23)35-24-12-32-8-7-25(24)37-13-16(3)27(22(31)14-37)34-17(4)39/h5-12,15-16,22,27H,13-14,31H2,1-4H3,(H,33,35)(H,34,39). The van der Waals surface area contributed by atoms with Crippen LogP contribution in [0.25, 0.3) is 16.8 Å².